The third-order valence-corrected chi connectivity index (χ3v) is 2.84. The second-order valence-electron chi connectivity index (χ2n) is 3.70. The largest absolute Gasteiger partial charge is 0.573 e. The van der Waals surface area contributed by atoms with Crippen LogP contribution in [0.5, 0.6) is 11.5 Å². The molecule has 1 heterocycles. The van der Waals surface area contributed by atoms with Crippen LogP contribution in [-0.4, -0.2) is 22.3 Å². The quantitative estimate of drug-likeness (QED) is 0.757. The third kappa shape index (κ3) is 5.18. The number of benzene rings is 1. The zero-order valence-electron chi connectivity index (χ0n) is 10.9. The molecule has 2 aromatic rings. The number of ether oxygens (including phenoxy) is 2. The summed E-state index contributed by atoms with van der Waals surface area (Å²) in [7, 11) is 0. The lowest BCUT2D eigenvalue weighted by atomic mass is 10.3. The Morgan fingerprint density at radius 1 is 1.14 bits per heavy atom. The number of hydrogen-bond donors (Lipinski definition) is 0. The average molecular weight is 320 g/mol. The molecule has 0 unspecified atom stereocenters. The van der Waals surface area contributed by atoms with Crippen molar-refractivity contribution in [3.8, 4) is 11.5 Å². The number of aromatic nitrogens is 2. The highest BCUT2D eigenvalue weighted by Crippen LogP contribution is 2.25. The smallest absolute Gasteiger partial charge is 0.484 e. The SMILES string of the molecule is CCSc1nnc(COc2ccc(OC(F)(F)F)cc2)o1. The van der Waals surface area contributed by atoms with E-state index in [0.29, 0.717) is 16.9 Å². The van der Waals surface area contributed by atoms with Crippen LogP contribution < -0.4 is 9.47 Å². The molecule has 21 heavy (non-hydrogen) atoms. The van der Waals surface area contributed by atoms with Crippen molar-refractivity contribution in [2.75, 3.05) is 5.75 Å². The minimum absolute atomic E-state index is 0.0384. The second kappa shape index (κ2) is 6.70. The third-order valence-electron chi connectivity index (χ3n) is 2.14. The number of rotatable bonds is 6. The Morgan fingerprint density at radius 3 is 2.43 bits per heavy atom. The van der Waals surface area contributed by atoms with Crippen LogP contribution in [0.1, 0.15) is 12.8 Å². The van der Waals surface area contributed by atoms with E-state index in [1.165, 1.54) is 23.9 Å². The van der Waals surface area contributed by atoms with Crippen molar-refractivity contribution in [1.29, 1.82) is 0 Å². The zero-order valence-corrected chi connectivity index (χ0v) is 11.7. The Labute approximate surface area is 122 Å². The van der Waals surface area contributed by atoms with Crippen molar-refractivity contribution in [3.05, 3.63) is 30.2 Å². The lowest BCUT2D eigenvalue weighted by Crippen LogP contribution is -2.16. The summed E-state index contributed by atoms with van der Waals surface area (Å²) in [4.78, 5) is 0. The predicted molar refractivity (Wildman–Crippen MR) is 68.2 cm³/mol. The van der Waals surface area contributed by atoms with E-state index in [1.807, 2.05) is 6.92 Å². The van der Waals surface area contributed by atoms with Gasteiger partial charge in [0.15, 0.2) is 6.61 Å². The number of alkyl halides is 3. The number of thioether (sulfide) groups is 1. The van der Waals surface area contributed by atoms with Gasteiger partial charge in [-0.2, -0.15) is 0 Å². The van der Waals surface area contributed by atoms with Crippen LogP contribution in [0, 0.1) is 0 Å². The maximum absolute atomic E-state index is 12.0. The molecule has 114 valence electrons. The van der Waals surface area contributed by atoms with Crippen LogP contribution in [0.25, 0.3) is 0 Å². The molecule has 0 saturated heterocycles. The van der Waals surface area contributed by atoms with E-state index in [4.69, 9.17) is 9.15 Å². The maximum atomic E-state index is 12.0. The van der Waals surface area contributed by atoms with Gasteiger partial charge in [0.25, 0.3) is 11.1 Å². The highest BCUT2D eigenvalue weighted by Gasteiger charge is 2.30. The van der Waals surface area contributed by atoms with E-state index in [0.717, 1.165) is 17.9 Å². The van der Waals surface area contributed by atoms with Crippen molar-refractivity contribution in [2.45, 2.75) is 25.1 Å². The van der Waals surface area contributed by atoms with E-state index in [1.54, 1.807) is 0 Å². The van der Waals surface area contributed by atoms with Crippen LogP contribution in [0.4, 0.5) is 13.2 Å². The van der Waals surface area contributed by atoms with E-state index < -0.39 is 6.36 Å². The standard InChI is InChI=1S/C12H11F3N2O3S/c1-2-21-11-17-16-10(19-11)7-18-8-3-5-9(6-4-8)20-12(13,14)15/h3-6H,2,7H2,1H3. The van der Waals surface area contributed by atoms with E-state index in [-0.39, 0.29) is 12.4 Å². The highest BCUT2D eigenvalue weighted by molar-refractivity contribution is 7.99. The van der Waals surface area contributed by atoms with Crippen LogP contribution in [0.3, 0.4) is 0 Å². The normalized spacial score (nSPS) is 11.4. The predicted octanol–water partition coefficient (Wildman–Crippen LogP) is 3.66. The topological polar surface area (TPSA) is 57.4 Å². The number of hydrogen-bond acceptors (Lipinski definition) is 6. The van der Waals surface area contributed by atoms with E-state index in [9.17, 15) is 13.2 Å². The van der Waals surface area contributed by atoms with Gasteiger partial charge in [0.1, 0.15) is 11.5 Å². The maximum Gasteiger partial charge on any atom is 0.573 e. The lowest BCUT2D eigenvalue weighted by Gasteiger charge is -2.09. The Kier molecular flexibility index (Phi) is 4.94. The summed E-state index contributed by atoms with van der Waals surface area (Å²) < 4.78 is 50.3. The van der Waals surface area contributed by atoms with E-state index >= 15 is 0 Å². The van der Waals surface area contributed by atoms with Gasteiger partial charge in [-0.15, -0.1) is 23.4 Å². The molecule has 0 aliphatic carbocycles. The fourth-order valence-electron chi connectivity index (χ4n) is 1.36. The first-order valence-corrected chi connectivity index (χ1v) is 6.88. The van der Waals surface area contributed by atoms with Gasteiger partial charge in [-0.25, -0.2) is 0 Å². The van der Waals surface area contributed by atoms with Gasteiger partial charge >= 0.3 is 6.36 Å². The molecular formula is C12H11F3N2O3S. The number of halogens is 3. The molecule has 0 spiro atoms. The summed E-state index contributed by atoms with van der Waals surface area (Å²) in [5, 5.41) is 8.02. The summed E-state index contributed by atoms with van der Waals surface area (Å²) >= 11 is 1.41. The molecule has 0 fully saturated rings. The molecular weight excluding hydrogens is 309 g/mol. The molecule has 1 aromatic heterocycles. The first-order chi connectivity index (χ1) is 9.96. The Hall–Kier alpha value is -1.90. The molecule has 0 aliphatic heterocycles. The summed E-state index contributed by atoms with van der Waals surface area (Å²) in [5.74, 6) is 1.16. The Bertz CT molecular complexity index is 572. The molecule has 0 bridgehead atoms. The summed E-state index contributed by atoms with van der Waals surface area (Å²) in [6.45, 7) is 1.99. The first kappa shape index (κ1) is 15.5. The number of nitrogens with zero attached hydrogens (tertiary/aromatic N) is 2. The molecule has 0 aliphatic rings. The van der Waals surface area contributed by atoms with Crippen molar-refractivity contribution >= 4 is 11.8 Å². The van der Waals surface area contributed by atoms with Crippen molar-refractivity contribution in [2.24, 2.45) is 0 Å². The van der Waals surface area contributed by atoms with Gasteiger partial charge in [-0.05, 0) is 30.0 Å². The van der Waals surface area contributed by atoms with Gasteiger partial charge in [0, 0.05) is 0 Å². The average Bonchev–Trinajstić information content (AvgIpc) is 2.84. The minimum Gasteiger partial charge on any atom is -0.484 e. The molecule has 2 rings (SSSR count). The van der Waals surface area contributed by atoms with Crippen LogP contribution >= 0.6 is 11.8 Å². The molecule has 0 saturated carbocycles. The van der Waals surface area contributed by atoms with Gasteiger partial charge in [-0.3, -0.25) is 0 Å². The van der Waals surface area contributed by atoms with Gasteiger partial charge in [-0.1, -0.05) is 18.7 Å². The van der Waals surface area contributed by atoms with Crippen LogP contribution in [0.15, 0.2) is 33.9 Å². The zero-order chi connectivity index (χ0) is 15.3. The Morgan fingerprint density at radius 2 is 1.81 bits per heavy atom. The van der Waals surface area contributed by atoms with Gasteiger partial charge < -0.3 is 13.9 Å². The molecule has 9 heteroatoms. The van der Waals surface area contributed by atoms with Crippen molar-refractivity contribution in [1.82, 2.24) is 10.2 Å². The van der Waals surface area contributed by atoms with Gasteiger partial charge in [0.2, 0.25) is 0 Å². The molecule has 5 nitrogen and oxygen atoms in total. The first-order valence-electron chi connectivity index (χ1n) is 5.90. The van der Waals surface area contributed by atoms with Crippen molar-refractivity contribution < 1.29 is 27.1 Å². The fraction of sp³-hybridized carbons (Fsp3) is 0.333. The molecule has 0 amide bonds. The monoisotopic (exact) mass is 320 g/mol. The minimum atomic E-state index is -4.71. The Balaban J connectivity index is 1.88. The molecule has 1 aromatic carbocycles. The van der Waals surface area contributed by atoms with Crippen molar-refractivity contribution in [3.63, 3.8) is 0 Å². The van der Waals surface area contributed by atoms with Gasteiger partial charge in [0.05, 0.1) is 0 Å². The van der Waals surface area contributed by atoms with E-state index in [2.05, 4.69) is 14.9 Å². The fourth-order valence-corrected chi connectivity index (χ4v) is 1.86. The van der Waals surface area contributed by atoms with Crippen LogP contribution in [0.2, 0.25) is 0 Å². The summed E-state index contributed by atoms with van der Waals surface area (Å²) in [6, 6.07) is 5.04. The highest BCUT2D eigenvalue weighted by atomic mass is 32.2. The lowest BCUT2D eigenvalue weighted by molar-refractivity contribution is -0.274. The molecule has 0 radical (unpaired) electrons. The summed E-state index contributed by atoms with van der Waals surface area (Å²) in [6.07, 6.45) is -4.71. The molecule has 0 atom stereocenters. The van der Waals surface area contributed by atoms with Crippen LogP contribution in [-0.2, 0) is 6.61 Å². The second-order valence-corrected chi connectivity index (χ2v) is 4.92. The molecule has 0 N–H and O–H groups in total. The summed E-state index contributed by atoms with van der Waals surface area (Å²) in [5.41, 5.74) is 0.